The first-order valence-corrected chi connectivity index (χ1v) is 4.34. The molecule has 0 amide bonds. The molecule has 1 aromatic carbocycles. The van der Waals surface area contributed by atoms with Crippen molar-refractivity contribution in [2.45, 2.75) is 32.3 Å². The highest BCUT2D eigenvalue weighted by Crippen LogP contribution is 2.12. The molecule has 0 heterocycles. The van der Waals surface area contributed by atoms with Crippen molar-refractivity contribution in [2.24, 2.45) is 0 Å². The summed E-state index contributed by atoms with van der Waals surface area (Å²) in [5.74, 6) is 0. The standard InChI is InChI=1S/C11H16O.H3N/c1-11(2,12)9-8-10-6-4-3-5-7-10;/h3-7,12H,8-9H2,1-2H3;1H3. The fourth-order valence-corrected chi connectivity index (χ4v) is 1.09. The first kappa shape index (κ1) is 12.1. The normalized spacial score (nSPS) is 10.7. The smallest absolute Gasteiger partial charge is 0.0594 e. The number of benzene rings is 1. The van der Waals surface area contributed by atoms with Crippen LogP contribution in [0.15, 0.2) is 30.3 Å². The second-order valence-electron chi connectivity index (χ2n) is 3.80. The summed E-state index contributed by atoms with van der Waals surface area (Å²) in [5, 5.41) is 9.48. The van der Waals surface area contributed by atoms with Crippen LogP contribution in [0.1, 0.15) is 25.8 Å². The van der Waals surface area contributed by atoms with Crippen LogP contribution in [0.2, 0.25) is 0 Å². The van der Waals surface area contributed by atoms with Gasteiger partial charge in [0.1, 0.15) is 0 Å². The molecule has 0 spiro atoms. The van der Waals surface area contributed by atoms with E-state index in [9.17, 15) is 5.11 Å². The highest BCUT2D eigenvalue weighted by molar-refractivity contribution is 5.14. The van der Waals surface area contributed by atoms with Crippen LogP contribution in [0.25, 0.3) is 0 Å². The molecule has 0 aromatic heterocycles. The summed E-state index contributed by atoms with van der Waals surface area (Å²) in [6, 6.07) is 10.2. The molecule has 0 radical (unpaired) electrons. The summed E-state index contributed by atoms with van der Waals surface area (Å²) < 4.78 is 0. The quantitative estimate of drug-likeness (QED) is 0.753. The number of hydrogen-bond acceptors (Lipinski definition) is 2. The Morgan fingerprint density at radius 3 is 2.15 bits per heavy atom. The monoisotopic (exact) mass is 181 g/mol. The van der Waals surface area contributed by atoms with Crippen LogP contribution in [0.5, 0.6) is 0 Å². The molecule has 2 nitrogen and oxygen atoms in total. The molecule has 74 valence electrons. The second-order valence-corrected chi connectivity index (χ2v) is 3.80. The molecular formula is C11H19NO. The maximum atomic E-state index is 9.48. The topological polar surface area (TPSA) is 55.2 Å². The van der Waals surface area contributed by atoms with Gasteiger partial charge in [0.25, 0.3) is 0 Å². The maximum Gasteiger partial charge on any atom is 0.0594 e. The van der Waals surface area contributed by atoms with E-state index < -0.39 is 5.60 Å². The molecular weight excluding hydrogens is 162 g/mol. The SMILES string of the molecule is CC(C)(O)CCc1ccccc1.N. The Bertz CT molecular complexity index is 226. The van der Waals surface area contributed by atoms with Crippen LogP contribution < -0.4 is 6.15 Å². The number of hydrogen-bond donors (Lipinski definition) is 2. The van der Waals surface area contributed by atoms with Crippen LogP contribution in [0, 0.1) is 0 Å². The van der Waals surface area contributed by atoms with Gasteiger partial charge in [0.15, 0.2) is 0 Å². The highest BCUT2D eigenvalue weighted by Gasteiger charge is 2.11. The van der Waals surface area contributed by atoms with Crippen molar-refractivity contribution in [2.75, 3.05) is 0 Å². The fourth-order valence-electron chi connectivity index (χ4n) is 1.09. The van der Waals surface area contributed by atoms with Gasteiger partial charge in [-0.05, 0) is 32.3 Å². The minimum Gasteiger partial charge on any atom is -0.390 e. The lowest BCUT2D eigenvalue weighted by Crippen LogP contribution is -2.19. The lowest BCUT2D eigenvalue weighted by molar-refractivity contribution is 0.0714. The fraction of sp³-hybridized carbons (Fsp3) is 0.455. The molecule has 0 fully saturated rings. The van der Waals surface area contributed by atoms with Gasteiger partial charge in [0.2, 0.25) is 0 Å². The zero-order chi connectivity index (χ0) is 9.03. The van der Waals surface area contributed by atoms with Crippen LogP contribution >= 0.6 is 0 Å². The first-order chi connectivity index (χ1) is 5.58. The van der Waals surface area contributed by atoms with E-state index in [1.807, 2.05) is 32.0 Å². The van der Waals surface area contributed by atoms with Gasteiger partial charge in [0.05, 0.1) is 5.60 Å². The third kappa shape index (κ3) is 5.39. The average molecular weight is 181 g/mol. The Labute approximate surface area is 80.2 Å². The number of aryl methyl sites for hydroxylation is 1. The molecule has 0 aliphatic rings. The van der Waals surface area contributed by atoms with Crippen molar-refractivity contribution < 1.29 is 5.11 Å². The lowest BCUT2D eigenvalue weighted by Gasteiger charge is -2.16. The van der Waals surface area contributed by atoms with Gasteiger partial charge in [-0.2, -0.15) is 0 Å². The first-order valence-electron chi connectivity index (χ1n) is 4.34. The van der Waals surface area contributed by atoms with E-state index in [1.165, 1.54) is 5.56 Å². The second kappa shape index (κ2) is 5.00. The van der Waals surface area contributed by atoms with E-state index in [4.69, 9.17) is 0 Å². The molecule has 13 heavy (non-hydrogen) atoms. The molecule has 0 unspecified atom stereocenters. The summed E-state index contributed by atoms with van der Waals surface area (Å²) in [5.41, 5.74) is 0.746. The van der Waals surface area contributed by atoms with Crippen LogP contribution in [0.4, 0.5) is 0 Å². The minimum absolute atomic E-state index is 0. The molecule has 4 N–H and O–H groups in total. The van der Waals surface area contributed by atoms with Crippen LogP contribution in [-0.4, -0.2) is 10.7 Å². The average Bonchev–Trinajstić information content (AvgIpc) is 2.02. The largest absolute Gasteiger partial charge is 0.390 e. The Kier molecular flexibility index (Phi) is 4.67. The van der Waals surface area contributed by atoms with Gasteiger partial charge in [-0.15, -0.1) is 0 Å². The van der Waals surface area contributed by atoms with Crippen molar-refractivity contribution >= 4 is 0 Å². The van der Waals surface area contributed by atoms with E-state index in [0.29, 0.717) is 0 Å². The highest BCUT2D eigenvalue weighted by atomic mass is 16.3. The molecule has 1 rings (SSSR count). The van der Waals surface area contributed by atoms with Crippen molar-refractivity contribution in [3.63, 3.8) is 0 Å². The zero-order valence-electron chi connectivity index (χ0n) is 8.46. The summed E-state index contributed by atoms with van der Waals surface area (Å²) >= 11 is 0. The lowest BCUT2D eigenvalue weighted by atomic mass is 9.99. The Hall–Kier alpha value is -0.860. The van der Waals surface area contributed by atoms with E-state index in [0.717, 1.165) is 12.8 Å². The third-order valence-electron chi connectivity index (χ3n) is 1.87. The van der Waals surface area contributed by atoms with Gasteiger partial charge < -0.3 is 11.3 Å². The summed E-state index contributed by atoms with van der Waals surface area (Å²) in [6.07, 6.45) is 1.77. The van der Waals surface area contributed by atoms with Gasteiger partial charge >= 0.3 is 0 Å². The van der Waals surface area contributed by atoms with E-state index >= 15 is 0 Å². The maximum absolute atomic E-state index is 9.48. The molecule has 0 saturated carbocycles. The van der Waals surface area contributed by atoms with Crippen molar-refractivity contribution in [1.82, 2.24) is 6.15 Å². The van der Waals surface area contributed by atoms with Gasteiger partial charge in [-0.25, -0.2) is 0 Å². The molecule has 0 atom stereocenters. The predicted octanol–water partition coefficient (Wildman–Crippen LogP) is 2.55. The van der Waals surface area contributed by atoms with E-state index in [1.54, 1.807) is 0 Å². The Morgan fingerprint density at radius 2 is 1.69 bits per heavy atom. The van der Waals surface area contributed by atoms with E-state index in [-0.39, 0.29) is 6.15 Å². The molecule has 0 aliphatic carbocycles. The van der Waals surface area contributed by atoms with Crippen molar-refractivity contribution in [3.8, 4) is 0 Å². The summed E-state index contributed by atoms with van der Waals surface area (Å²) in [6.45, 7) is 3.69. The Morgan fingerprint density at radius 1 is 1.15 bits per heavy atom. The summed E-state index contributed by atoms with van der Waals surface area (Å²) in [7, 11) is 0. The summed E-state index contributed by atoms with van der Waals surface area (Å²) in [4.78, 5) is 0. The van der Waals surface area contributed by atoms with Crippen LogP contribution in [-0.2, 0) is 6.42 Å². The predicted molar refractivity (Wildman–Crippen MR) is 56.1 cm³/mol. The molecule has 2 heteroatoms. The number of rotatable bonds is 3. The Balaban J connectivity index is 0.00000144. The van der Waals surface area contributed by atoms with Crippen molar-refractivity contribution in [3.05, 3.63) is 35.9 Å². The van der Waals surface area contributed by atoms with Gasteiger partial charge in [-0.3, -0.25) is 0 Å². The molecule has 1 aromatic rings. The van der Waals surface area contributed by atoms with Crippen LogP contribution in [0.3, 0.4) is 0 Å². The molecule has 0 bridgehead atoms. The molecule has 0 aliphatic heterocycles. The van der Waals surface area contributed by atoms with Gasteiger partial charge in [-0.1, -0.05) is 30.3 Å². The number of aliphatic hydroxyl groups is 1. The minimum atomic E-state index is -0.546. The van der Waals surface area contributed by atoms with E-state index in [2.05, 4.69) is 12.1 Å². The van der Waals surface area contributed by atoms with Gasteiger partial charge in [0, 0.05) is 0 Å². The third-order valence-corrected chi connectivity index (χ3v) is 1.87. The molecule has 0 saturated heterocycles. The zero-order valence-corrected chi connectivity index (χ0v) is 8.46. The van der Waals surface area contributed by atoms with Crippen molar-refractivity contribution in [1.29, 1.82) is 0 Å².